The van der Waals surface area contributed by atoms with Crippen molar-refractivity contribution in [1.82, 2.24) is 25.0 Å². The van der Waals surface area contributed by atoms with E-state index in [4.69, 9.17) is 0 Å². The molecule has 0 radical (unpaired) electrons. The Morgan fingerprint density at radius 2 is 1.92 bits per heavy atom. The molecule has 3 rings (SSSR count). The lowest BCUT2D eigenvalue weighted by Gasteiger charge is -2.47. The van der Waals surface area contributed by atoms with Crippen molar-refractivity contribution >= 4 is 6.03 Å². The Morgan fingerprint density at radius 1 is 1.29 bits per heavy atom. The number of nitrogens with one attached hydrogen (secondary N) is 1. The van der Waals surface area contributed by atoms with Gasteiger partial charge in [0.1, 0.15) is 11.9 Å². The molecular weight excluding hydrogens is 327 g/mol. The molecule has 2 N–H and O–H groups in total. The van der Waals surface area contributed by atoms with E-state index in [1.807, 2.05) is 0 Å². The maximum atomic E-state index is 13.5. The number of hydrogen-bond acceptors (Lipinski definition) is 4. The average Bonchev–Trinajstić information content (AvgIpc) is 2.90. The Labute approximate surface area is 136 Å². The Bertz CT molecular complexity index is 618. The summed E-state index contributed by atoms with van der Waals surface area (Å²) in [5.74, 6) is 0.287. The third kappa shape index (κ3) is 2.72. The molecule has 134 valence electrons. The topological polar surface area (TPSA) is 83.3 Å². The van der Waals surface area contributed by atoms with Gasteiger partial charge in [0.15, 0.2) is 11.4 Å². The molecule has 10 heteroatoms. The van der Waals surface area contributed by atoms with E-state index >= 15 is 0 Å². The van der Waals surface area contributed by atoms with E-state index in [9.17, 15) is 23.1 Å². The minimum absolute atomic E-state index is 0.108. The van der Waals surface area contributed by atoms with Crippen LogP contribution in [-0.4, -0.2) is 55.6 Å². The first-order valence-corrected chi connectivity index (χ1v) is 7.88. The fourth-order valence-electron chi connectivity index (χ4n) is 3.51. The predicted molar refractivity (Wildman–Crippen MR) is 76.9 cm³/mol. The highest BCUT2D eigenvalue weighted by Crippen LogP contribution is 2.42. The Kier molecular flexibility index (Phi) is 3.97. The van der Waals surface area contributed by atoms with Gasteiger partial charge >= 0.3 is 12.2 Å². The monoisotopic (exact) mass is 347 g/mol. The van der Waals surface area contributed by atoms with Crippen molar-refractivity contribution in [2.75, 3.05) is 13.1 Å². The number of halogens is 3. The highest BCUT2D eigenvalue weighted by Gasteiger charge is 2.57. The van der Waals surface area contributed by atoms with Gasteiger partial charge < -0.3 is 15.3 Å². The molecule has 2 amide bonds. The summed E-state index contributed by atoms with van der Waals surface area (Å²) in [5, 5.41) is 16.5. The summed E-state index contributed by atoms with van der Waals surface area (Å²) >= 11 is 0. The fraction of sp³-hybridized carbons (Fsp3) is 0.786. The van der Waals surface area contributed by atoms with Crippen molar-refractivity contribution in [3.8, 4) is 0 Å². The number of rotatable bonds is 2. The lowest BCUT2D eigenvalue weighted by molar-refractivity contribution is -0.203. The third-order valence-electron chi connectivity index (χ3n) is 4.92. The van der Waals surface area contributed by atoms with Crippen molar-refractivity contribution in [2.24, 2.45) is 7.05 Å². The average molecular weight is 347 g/mol. The Balaban J connectivity index is 1.67. The molecule has 1 aliphatic carbocycles. The number of urea groups is 1. The van der Waals surface area contributed by atoms with Crippen LogP contribution in [0.2, 0.25) is 0 Å². The van der Waals surface area contributed by atoms with Crippen molar-refractivity contribution in [2.45, 2.75) is 49.4 Å². The molecule has 0 unspecified atom stereocenters. The quantitative estimate of drug-likeness (QED) is 0.845. The fourth-order valence-corrected chi connectivity index (χ4v) is 3.51. The van der Waals surface area contributed by atoms with Crippen LogP contribution in [-0.2, 0) is 12.6 Å². The number of aryl methyl sites for hydroxylation is 1. The molecule has 1 saturated heterocycles. The molecule has 0 spiro atoms. The molecule has 0 aromatic carbocycles. The number of likely N-dealkylation sites (tertiary alicyclic amines) is 1. The van der Waals surface area contributed by atoms with Crippen LogP contribution in [0.1, 0.15) is 37.9 Å². The number of alkyl halides is 3. The standard InChI is InChI=1S/C14H20F3N5O2/c1-21-10(18-9-19-21)12(24)7-22(8-12)11(23)20-13(14(15,16)17)5-3-2-4-6-13/h9,24H,2-8H2,1H3,(H,20,23). The van der Waals surface area contributed by atoms with E-state index in [0.717, 1.165) is 11.3 Å². The van der Waals surface area contributed by atoms with E-state index in [0.29, 0.717) is 12.8 Å². The number of carbonyl (C=O) groups excluding carboxylic acids is 1. The molecule has 2 heterocycles. The van der Waals surface area contributed by atoms with Gasteiger partial charge in [-0.1, -0.05) is 19.3 Å². The number of β-amino-alcohol motifs (C(OH)–C–C–N with tert-alkyl or cyclic N) is 1. The SMILES string of the molecule is Cn1ncnc1C1(O)CN(C(=O)NC2(C(F)(F)F)CCCCC2)C1. The lowest BCUT2D eigenvalue weighted by atomic mass is 9.81. The first-order chi connectivity index (χ1) is 11.2. The van der Waals surface area contributed by atoms with Gasteiger partial charge in [-0.25, -0.2) is 9.78 Å². The number of amides is 2. The summed E-state index contributed by atoms with van der Waals surface area (Å²) in [7, 11) is 1.60. The van der Waals surface area contributed by atoms with Gasteiger partial charge in [0, 0.05) is 7.05 Å². The van der Waals surface area contributed by atoms with Crippen molar-refractivity contribution in [3.63, 3.8) is 0 Å². The smallest absolute Gasteiger partial charge is 0.378 e. The second-order valence-corrected chi connectivity index (χ2v) is 6.67. The second-order valence-electron chi connectivity index (χ2n) is 6.67. The van der Waals surface area contributed by atoms with Crippen LogP contribution >= 0.6 is 0 Å². The van der Waals surface area contributed by atoms with Crippen LogP contribution in [0.5, 0.6) is 0 Å². The summed E-state index contributed by atoms with van der Waals surface area (Å²) in [4.78, 5) is 17.3. The summed E-state index contributed by atoms with van der Waals surface area (Å²) in [6.45, 7) is -0.224. The molecule has 0 bridgehead atoms. The number of aliphatic hydroxyl groups is 1. The van der Waals surface area contributed by atoms with Crippen molar-refractivity contribution in [3.05, 3.63) is 12.2 Å². The molecule has 7 nitrogen and oxygen atoms in total. The molecule has 1 saturated carbocycles. The van der Waals surface area contributed by atoms with E-state index in [2.05, 4.69) is 15.4 Å². The van der Waals surface area contributed by atoms with Gasteiger partial charge in [0.2, 0.25) is 0 Å². The van der Waals surface area contributed by atoms with Crippen LogP contribution in [0.15, 0.2) is 6.33 Å². The van der Waals surface area contributed by atoms with Crippen LogP contribution in [0.25, 0.3) is 0 Å². The number of carbonyl (C=O) groups is 1. The largest absolute Gasteiger partial charge is 0.411 e. The van der Waals surface area contributed by atoms with Gasteiger partial charge in [-0.2, -0.15) is 18.3 Å². The summed E-state index contributed by atoms with van der Waals surface area (Å²) in [6.07, 6.45) is -1.83. The molecule has 1 aliphatic heterocycles. The number of hydrogen-bond donors (Lipinski definition) is 2. The maximum Gasteiger partial charge on any atom is 0.411 e. The second kappa shape index (κ2) is 5.61. The van der Waals surface area contributed by atoms with E-state index < -0.39 is 23.3 Å². The minimum Gasteiger partial charge on any atom is -0.378 e. The molecule has 2 fully saturated rings. The highest BCUT2D eigenvalue weighted by atomic mass is 19.4. The molecule has 1 aromatic rings. The van der Waals surface area contributed by atoms with E-state index in [1.54, 1.807) is 7.05 Å². The van der Waals surface area contributed by atoms with Crippen LogP contribution in [0.4, 0.5) is 18.0 Å². The van der Waals surface area contributed by atoms with Crippen LogP contribution in [0.3, 0.4) is 0 Å². The minimum atomic E-state index is -4.49. The van der Waals surface area contributed by atoms with Crippen molar-refractivity contribution < 1.29 is 23.1 Å². The van der Waals surface area contributed by atoms with Gasteiger partial charge in [0.05, 0.1) is 13.1 Å². The highest BCUT2D eigenvalue weighted by molar-refractivity contribution is 5.76. The maximum absolute atomic E-state index is 13.5. The van der Waals surface area contributed by atoms with Gasteiger partial charge in [-0.05, 0) is 12.8 Å². The molecular formula is C14H20F3N5O2. The summed E-state index contributed by atoms with van der Waals surface area (Å²) in [5.41, 5.74) is -3.54. The lowest BCUT2D eigenvalue weighted by Crippen LogP contribution is -2.68. The zero-order chi connectivity index (χ0) is 17.6. The molecule has 2 aliphatic rings. The third-order valence-corrected chi connectivity index (χ3v) is 4.92. The zero-order valence-corrected chi connectivity index (χ0v) is 13.3. The first-order valence-electron chi connectivity index (χ1n) is 7.88. The Morgan fingerprint density at radius 3 is 2.42 bits per heavy atom. The van der Waals surface area contributed by atoms with Gasteiger partial charge in [0.25, 0.3) is 0 Å². The molecule has 24 heavy (non-hydrogen) atoms. The summed E-state index contributed by atoms with van der Waals surface area (Å²) in [6, 6.07) is -0.805. The van der Waals surface area contributed by atoms with Gasteiger partial charge in [-0.15, -0.1) is 0 Å². The number of nitrogens with zero attached hydrogens (tertiary/aromatic N) is 4. The Hall–Kier alpha value is -1.84. The van der Waals surface area contributed by atoms with Crippen LogP contribution < -0.4 is 5.32 Å². The van der Waals surface area contributed by atoms with E-state index in [1.165, 1.54) is 11.0 Å². The van der Waals surface area contributed by atoms with Crippen LogP contribution in [0, 0.1) is 0 Å². The molecule has 0 atom stereocenters. The van der Waals surface area contributed by atoms with Gasteiger partial charge in [-0.3, -0.25) is 4.68 Å². The van der Waals surface area contributed by atoms with Crippen molar-refractivity contribution in [1.29, 1.82) is 0 Å². The normalized spacial score (nSPS) is 22.8. The number of aromatic nitrogens is 3. The summed E-state index contributed by atoms with van der Waals surface area (Å²) < 4.78 is 41.8. The first kappa shape index (κ1) is 17.0. The zero-order valence-electron chi connectivity index (χ0n) is 13.3. The molecule has 1 aromatic heterocycles. The predicted octanol–water partition coefficient (Wildman–Crippen LogP) is 1.29. The van der Waals surface area contributed by atoms with E-state index in [-0.39, 0.29) is 31.8 Å².